The molecule has 4 rings (SSSR count). The fraction of sp³-hybridized carbons (Fsp3) is 0.222. The van der Waals surface area contributed by atoms with Gasteiger partial charge in [-0.3, -0.25) is 10.4 Å². The molecule has 2 N–H and O–H groups in total. The Morgan fingerprint density at radius 3 is 2.73 bits per heavy atom. The Kier molecular flexibility index (Phi) is 6.70. The van der Waals surface area contributed by atoms with E-state index < -0.39 is 5.92 Å². The topological polar surface area (TPSA) is 98.7 Å². The standard InChI is InChI=1S/C27H25N3O3/c1-2-3-12-32-21-11-7-10-20(14-21)30-17-19-13-22-25(15-24(19)31)33-27(29)23(16-28)26(22)18-8-5-4-6-9-18/h4-11,13-15,17,23,26,29,31H,2-3,12H2,1H3. The van der Waals surface area contributed by atoms with Crippen molar-refractivity contribution in [2.75, 3.05) is 6.61 Å². The lowest BCUT2D eigenvalue weighted by molar-refractivity contribution is 0.309. The van der Waals surface area contributed by atoms with E-state index in [2.05, 4.69) is 18.0 Å². The van der Waals surface area contributed by atoms with Gasteiger partial charge in [0.25, 0.3) is 0 Å². The summed E-state index contributed by atoms with van der Waals surface area (Å²) in [5.74, 6) is -0.147. The normalized spacial score (nSPS) is 17.3. The first-order valence-corrected chi connectivity index (χ1v) is 11.0. The Morgan fingerprint density at radius 2 is 1.97 bits per heavy atom. The molecule has 1 aliphatic heterocycles. The van der Waals surface area contributed by atoms with Gasteiger partial charge < -0.3 is 14.6 Å². The summed E-state index contributed by atoms with van der Waals surface area (Å²) >= 11 is 0. The number of hydrogen-bond donors (Lipinski definition) is 2. The number of nitriles is 1. The van der Waals surface area contributed by atoms with Crippen LogP contribution in [0, 0.1) is 22.7 Å². The fourth-order valence-electron chi connectivity index (χ4n) is 3.85. The molecular formula is C27H25N3O3. The van der Waals surface area contributed by atoms with Crippen molar-refractivity contribution in [2.24, 2.45) is 10.9 Å². The summed E-state index contributed by atoms with van der Waals surface area (Å²) in [5.41, 5.74) is 2.85. The Morgan fingerprint density at radius 1 is 1.15 bits per heavy atom. The maximum atomic E-state index is 10.6. The van der Waals surface area contributed by atoms with Crippen LogP contribution in [0.3, 0.4) is 0 Å². The summed E-state index contributed by atoms with van der Waals surface area (Å²) in [4.78, 5) is 4.51. The molecule has 1 aliphatic rings. The molecule has 0 aromatic heterocycles. The molecule has 2 unspecified atom stereocenters. The molecule has 0 fully saturated rings. The zero-order valence-corrected chi connectivity index (χ0v) is 18.4. The van der Waals surface area contributed by atoms with Crippen LogP contribution in [-0.2, 0) is 0 Å². The minimum absolute atomic E-state index is 0.0112. The minimum atomic E-state index is -0.758. The van der Waals surface area contributed by atoms with Crippen LogP contribution in [0.2, 0.25) is 0 Å². The molecule has 0 bridgehead atoms. The molecule has 3 aromatic carbocycles. The van der Waals surface area contributed by atoms with Crippen LogP contribution in [0.1, 0.15) is 42.4 Å². The average molecular weight is 440 g/mol. The van der Waals surface area contributed by atoms with Gasteiger partial charge in [0.15, 0.2) is 0 Å². The van der Waals surface area contributed by atoms with E-state index in [1.165, 1.54) is 6.07 Å². The number of nitrogens with zero attached hydrogens (tertiary/aromatic N) is 2. The minimum Gasteiger partial charge on any atom is -0.507 e. The number of hydrogen-bond acceptors (Lipinski definition) is 6. The SMILES string of the molecule is CCCCOc1cccc(N=Cc2cc3c(cc2O)OC(=N)C(C#N)C3c2ccccc2)c1. The van der Waals surface area contributed by atoms with Crippen molar-refractivity contribution in [3.8, 4) is 23.3 Å². The van der Waals surface area contributed by atoms with Gasteiger partial charge in [0, 0.05) is 35.4 Å². The van der Waals surface area contributed by atoms with Gasteiger partial charge in [-0.2, -0.15) is 5.26 Å². The van der Waals surface area contributed by atoms with Gasteiger partial charge in [-0.05, 0) is 30.2 Å². The van der Waals surface area contributed by atoms with Crippen LogP contribution in [-0.4, -0.2) is 23.8 Å². The van der Waals surface area contributed by atoms with Crippen molar-refractivity contribution in [3.05, 3.63) is 83.4 Å². The van der Waals surface area contributed by atoms with Crippen LogP contribution in [0.4, 0.5) is 5.69 Å². The highest BCUT2D eigenvalue weighted by Crippen LogP contribution is 2.44. The summed E-state index contributed by atoms with van der Waals surface area (Å²) in [6, 6.07) is 22.5. The molecule has 6 heteroatoms. The van der Waals surface area contributed by atoms with Gasteiger partial charge in [-0.1, -0.05) is 49.7 Å². The predicted octanol–water partition coefficient (Wildman–Crippen LogP) is 5.96. The van der Waals surface area contributed by atoms with E-state index >= 15 is 0 Å². The smallest absolute Gasteiger partial charge is 0.205 e. The van der Waals surface area contributed by atoms with Crippen molar-refractivity contribution in [1.82, 2.24) is 0 Å². The first kappa shape index (κ1) is 22.1. The highest BCUT2D eigenvalue weighted by atomic mass is 16.5. The Bertz CT molecular complexity index is 1220. The molecule has 2 atom stereocenters. The molecule has 166 valence electrons. The van der Waals surface area contributed by atoms with Crippen LogP contribution >= 0.6 is 0 Å². The van der Waals surface area contributed by atoms with Crippen LogP contribution in [0.15, 0.2) is 71.7 Å². The van der Waals surface area contributed by atoms with Gasteiger partial charge in [0.1, 0.15) is 23.2 Å². The third-order valence-electron chi connectivity index (χ3n) is 5.56. The molecule has 33 heavy (non-hydrogen) atoms. The molecule has 0 saturated carbocycles. The van der Waals surface area contributed by atoms with Gasteiger partial charge in [-0.15, -0.1) is 0 Å². The fourth-order valence-corrected chi connectivity index (χ4v) is 3.85. The summed E-state index contributed by atoms with van der Waals surface area (Å²) in [6.45, 7) is 2.77. The molecule has 0 spiro atoms. The summed E-state index contributed by atoms with van der Waals surface area (Å²) < 4.78 is 11.3. The zero-order chi connectivity index (χ0) is 23.2. The number of aliphatic imine (C=N–C) groups is 1. The Labute approximate surface area is 193 Å². The van der Waals surface area contributed by atoms with Gasteiger partial charge >= 0.3 is 0 Å². The second-order valence-corrected chi connectivity index (χ2v) is 7.87. The molecule has 1 heterocycles. The van der Waals surface area contributed by atoms with Crippen molar-refractivity contribution in [2.45, 2.75) is 25.7 Å². The van der Waals surface area contributed by atoms with E-state index in [4.69, 9.17) is 14.9 Å². The van der Waals surface area contributed by atoms with E-state index in [9.17, 15) is 10.4 Å². The third kappa shape index (κ3) is 4.88. The molecule has 0 amide bonds. The molecule has 0 saturated heterocycles. The van der Waals surface area contributed by atoms with Crippen molar-refractivity contribution < 1.29 is 14.6 Å². The van der Waals surface area contributed by atoms with Gasteiger partial charge in [0.05, 0.1) is 18.4 Å². The van der Waals surface area contributed by atoms with E-state index in [-0.39, 0.29) is 17.6 Å². The lowest BCUT2D eigenvalue weighted by atomic mass is 9.78. The molecular weight excluding hydrogens is 414 g/mol. The van der Waals surface area contributed by atoms with Crippen molar-refractivity contribution in [1.29, 1.82) is 10.7 Å². The number of phenols is 1. The van der Waals surface area contributed by atoms with E-state index in [0.717, 1.165) is 29.7 Å². The Balaban J connectivity index is 1.68. The number of benzene rings is 3. The highest BCUT2D eigenvalue weighted by Gasteiger charge is 2.37. The van der Waals surface area contributed by atoms with Crippen LogP contribution in [0.5, 0.6) is 17.2 Å². The maximum Gasteiger partial charge on any atom is 0.205 e. The number of unbranched alkanes of at least 4 members (excludes halogenated alkanes) is 1. The third-order valence-corrected chi connectivity index (χ3v) is 5.56. The molecule has 0 radical (unpaired) electrons. The maximum absolute atomic E-state index is 10.6. The molecule has 6 nitrogen and oxygen atoms in total. The van der Waals surface area contributed by atoms with Crippen LogP contribution in [0.25, 0.3) is 0 Å². The van der Waals surface area contributed by atoms with E-state index in [0.29, 0.717) is 23.6 Å². The zero-order valence-electron chi connectivity index (χ0n) is 18.4. The van der Waals surface area contributed by atoms with Crippen LogP contribution < -0.4 is 9.47 Å². The van der Waals surface area contributed by atoms with E-state index in [1.807, 2.05) is 54.6 Å². The van der Waals surface area contributed by atoms with E-state index in [1.54, 1.807) is 12.3 Å². The predicted molar refractivity (Wildman–Crippen MR) is 128 cm³/mol. The number of rotatable bonds is 7. The monoisotopic (exact) mass is 439 g/mol. The number of ether oxygens (including phenoxy) is 2. The number of phenolic OH excluding ortho intramolecular Hbond substituents is 1. The molecule has 0 aliphatic carbocycles. The average Bonchev–Trinajstić information content (AvgIpc) is 2.83. The van der Waals surface area contributed by atoms with Crippen molar-refractivity contribution >= 4 is 17.8 Å². The quantitative estimate of drug-likeness (QED) is 0.350. The second-order valence-electron chi connectivity index (χ2n) is 7.87. The number of nitrogens with one attached hydrogen (secondary N) is 1. The second kappa shape index (κ2) is 10.0. The lowest BCUT2D eigenvalue weighted by Crippen LogP contribution is -2.31. The summed E-state index contributed by atoms with van der Waals surface area (Å²) in [6.07, 6.45) is 3.64. The Hall–Kier alpha value is -4.11. The first-order chi connectivity index (χ1) is 16.1. The van der Waals surface area contributed by atoms with Crippen molar-refractivity contribution in [3.63, 3.8) is 0 Å². The summed E-state index contributed by atoms with van der Waals surface area (Å²) in [5, 5.41) is 28.5. The molecule has 3 aromatic rings. The lowest BCUT2D eigenvalue weighted by Gasteiger charge is -2.30. The first-order valence-electron chi connectivity index (χ1n) is 11.0. The van der Waals surface area contributed by atoms with Gasteiger partial charge in [0.2, 0.25) is 5.90 Å². The van der Waals surface area contributed by atoms with Gasteiger partial charge in [-0.25, -0.2) is 0 Å². The number of aromatic hydroxyl groups is 1. The largest absolute Gasteiger partial charge is 0.507 e. The number of fused-ring (bicyclic) bond motifs is 1. The highest BCUT2D eigenvalue weighted by molar-refractivity contribution is 5.89. The summed E-state index contributed by atoms with van der Waals surface area (Å²) in [7, 11) is 0.